The first-order valence-corrected chi connectivity index (χ1v) is 5.57. The van der Waals surface area contributed by atoms with Gasteiger partial charge in [-0.2, -0.15) is 25.3 Å². The van der Waals surface area contributed by atoms with E-state index in [2.05, 4.69) is 66.8 Å². The van der Waals surface area contributed by atoms with Gasteiger partial charge in [0.05, 0.1) is 0 Å². The molecule has 1 atom stereocenters. The Balaban J connectivity index is 0. The zero-order chi connectivity index (χ0) is 10.4. The van der Waals surface area contributed by atoms with E-state index in [4.69, 9.17) is 0 Å². The molecule has 76 valence electrons. The van der Waals surface area contributed by atoms with E-state index in [1.807, 2.05) is 0 Å². The van der Waals surface area contributed by atoms with Crippen LogP contribution in [0.3, 0.4) is 0 Å². The first-order chi connectivity index (χ1) is 5.20. The maximum atomic E-state index is 4.25. The Kier molecular flexibility index (Phi) is 9.03. The maximum absolute atomic E-state index is 4.25. The summed E-state index contributed by atoms with van der Waals surface area (Å²) in [6.07, 6.45) is 1.14. The molecule has 0 bridgehead atoms. The van der Waals surface area contributed by atoms with Crippen LogP contribution in [0, 0.1) is 5.92 Å². The molecule has 0 aliphatic rings. The van der Waals surface area contributed by atoms with Crippen molar-refractivity contribution in [3.63, 3.8) is 0 Å². The van der Waals surface area contributed by atoms with Gasteiger partial charge in [0.15, 0.2) is 0 Å². The van der Waals surface area contributed by atoms with Crippen molar-refractivity contribution < 1.29 is 0 Å². The fourth-order valence-corrected chi connectivity index (χ4v) is 0. The van der Waals surface area contributed by atoms with E-state index in [0.29, 0.717) is 11.2 Å². The quantitative estimate of drug-likeness (QED) is 0.628. The molecule has 0 amide bonds. The summed E-state index contributed by atoms with van der Waals surface area (Å²) in [7, 11) is 0. The van der Waals surface area contributed by atoms with Crippen molar-refractivity contribution in [2.45, 2.75) is 58.0 Å². The van der Waals surface area contributed by atoms with Crippen molar-refractivity contribution in [1.29, 1.82) is 0 Å². The van der Waals surface area contributed by atoms with Crippen LogP contribution < -0.4 is 0 Å². The summed E-state index contributed by atoms with van der Waals surface area (Å²) in [6, 6.07) is 0. The molecule has 0 heterocycles. The van der Waals surface area contributed by atoms with Crippen molar-refractivity contribution in [2.24, 2.45) is 5.92 Å². The van der Waals surface area contributed by atoms with Gasteiger partial charge in [-0.15, -0.1) is 0 Å². The first kappa shape index (κ1) is 15.2. The van der Waals surface area contributed by atoms with Crippen LogP contribution >= 0.6 is 25.3 Å². The van der Waals surface area contributed by atoms with Crippen molar-refractivity contribution in [2.75, 3.05) is 0 Å². The minimum absolute atomic E-state index is 0.236. The SMILES string of the molecule is CC(C)C(C)S.CCC(C)(C)S. The van der Waals surface area contributed by atoms with Crippen LogP contribution in [0.1, 0.15) is 48.0 Å². The molecule has 0 spiro atoms. The minimum Gasteiger partial charge on any atom is -0.176 e. The molecule has 0 rings (SSSR count). The second-order valence-corrected chi connectivity index (χ2v) is 6.18. The number of thiol groups is 2. The van der Waals surface area contributed by atoms with Gasteiger partial charge in [0.25, 0.3) is 0 Å². The topological polar surface area (TPSA) is 0 Å². The molecule has 0 aromatic carbocycles. The second-order valence-electron chi connectivity index (χ2n) is 4.15. The number of hydrogen-bond acceptors (Lipinski definition) is 2. The Morgan fingerprint density at radius 2 is 1.33 bits per heavy atom. The summed E-state index contributed by atoms with van der Waals surface area (Å²) in [6.45, 7) is 12.8. The summed E-state index contributed by atoms with van der Waals surface area (Å²) in [5.74, 6) is 0.716. The number of rotatable bonds is 2. The molecule has 0 radical (unpaired) electrons. The molecule has 0 N–H and O–H groups in total. The van der Waals surface area contributed by atoms with Crippen molar-refractivity contribution in [1.82, 2.24) is 0 Å². The van der Waals surface area contributed by atoms with Crippen LogP contribution in [0.4, 0.5) is 0 Å². The second kappa shape index (κ2) is 7.14. The van der Waals surface area contributed by atoms with Crippen LogP contribution in [-0.2, 0) is 0 Å². The largest absolute Gasteiger partial charge is 0.176 e. The zero-order valence-corrected chi connectivity index (χ0v) is 11.0. The van der Waals surface area contributed by atoms with E-state index in [1.54, 1.807) is 0 Å². The lowest BCUT2D eigenvalue weighted by Gasteiger charge is -2.11. The van der Waals surface area contributed by atoms with Crippen LogP contribution in [0.2, 0.25) is 0 Å². The van der Waals surface area contributed by atoms with Gasteiger partial charge in [-0.3, -0.25) is 0 Å². The van der Waals surface area contributed by atoms with Crippen LogP contribution in [0.25, 0.3) is 0 Å². The normalized spacial score (nSPS) is 13.8. The van der Waals surface area contributed by atoms with Crippen LogP contribution in [0.5, 0.6) is 0 Å². The van der Waals surface area contributed by atoms with Gasteiger partial charge in [-0.05, 0) is 12.3 Å². The molecule has 0 fully saturated rings. The highest BCUT2D eigenvalue weighted by Gasteiger charge is 2.04. The van der Waals surface area contributed by atoms with Gasteiger partial charge in [-0.1, -0.05) is 41.5 Å². The van der Waals surface area contributed by atoms with Gasteiger partial charge < -0.3 is 0 Å². The highest BCUT2D eigenvalue weighted by Crippen LogP contribution is 2.14. The molecule has 0 nitrogen and oxygen atoms in total. The molecule has 12 heavy (non-hydrogen) atoms. The van der Waals surface area contributed by atoms with Gasteiger partial charge in [-0.25, -0.2) is 0 Å². The van der Waals surface area contributed by atoms with Gasteiger partial charge in [0.1, 0.15) is 0 Å². The lowest BCUT2D eigenvalue weighted by atomic mass is 10.1. The van der Waals surface area contributed by atoms with E-state index >= 15 is 0 Å². The Bertz CT molecular complexity index is 84.5. The third-order valence-electron chi connectivity index (χ3n) is 1.83. The van der Waals surface area contributed by atoms with Gasteiger partial charge in [0.2, 0.25) is 0 Å². The lowest BCUT2D eigenvalue weighted by molar-refractivity contribution is 0.646. The molecule has 0 aromatic heterocycles. The van der Waals surface area contributed by atoms with Crippen molar-refractivity contribution in [3.05, 3.63) is 0 Å². The average Bonchev–Trinajstić information content (AvgIpc) is 1.87. The Morgan fingerprint density at radius 1 is 1.17 bits per heavy atom. The molecular formula is C10H24S2. The van der Waals surface area contributed by atoms with Gasteiger partial charge >= 0.3 is 0 Å². The fourth-order valence-electron chi connectivity index (χ4n) is 0. The van der Waals surface area contributed by atoms with Crippen LogP contribution in [-0.4, -0.2) is 10.00 Å². The summed E-state index contributed by atoms with van der Waals surface area (Å²) >= 11 is 8.45. The Labute approximate surface area is 89.3 Å². The van der Waals surface area contributed by atoms with Gasteiger partial charge in [0, 0.05) is 10.00 Å². The third kappa shape index (κ3) is 17.0. The molecule has 0 aliphatic carbocycles. The predicted octanol–water partition coefficient (Wildman–Crippen LogP) is 4.07. The van der Waals surface area contributed by atoms with E-state index in [0.717, 1.165) is 6.42 Å². The first-order valence-electron chi connectivity index (χ1n) is 4.61. The van der Waals surface area contributed by atoms with E-state index in [9.17, 15) is 0 Å². The molecule has 2 heteroatoms. The minimum atomic E-state index is 0.236. The lowest BCUT2D eigenvalue weighted by Crippen LogP contribution is -2.06. The molecular weight excluding hydrogens is 184 g/mol. The molecule has 1 unspecified atom stereocenters. The smallest absolute Gasteiger partial charge is 0.00705 e. The average molecular weight is 208 g/mol. The standard InChI is InChI=1S/2C5H12S/c1-4-5(2,3)6;1-4(2)5(3)6/h6H,4H2,1-3H3;4-6H,1-3H3. The van der Waals surface area contributed by atoms with E-state index < -0.39 is 0 Å². The summed E-state index contributed by atoms with van der Waals surface area (Å²) < 4.78 is 0.236. The van der Waals surface area contributed by atoms with Crippen molar-refractivity contribution in [3.8, 4) is 0 Å². The molecule has 0 saturated heterocycles. The van der Waals surface area contributed by atoms with Crippen LogP contribution in [0.15, 0.2) is 0 Å². The number of hydrogen-bond donors (Lipinski definition) is 2. The highest BCUT2D eigenvalue weighted by atomic mass is 32.1. The summed E-state index contributed by atoms with van der Waals surface area (Å²) in [4.78, 5) is 0. The highest BCUT2D eigenvalue weighted by molar-refractivity contribution is 7.81. The molecule has 0 saturated carbocycles. The fraction of sp³-hybridized carbons (Fsp3) is 1.00. The molecule has 0 aromatic rings. The zero-order valence-electron chi connectivity index (χ0n) is 9.26. The monoisotopic (exact) mass is 208 g/mol. The Hall–Kier alpha value is 0.700. The van der Waals surface area contributed by atoms with Crippen molar-refractivity contribution >= 4 is 25.3 Å². The molecule has 0 aliphatic heterocycles. The summed E-state index contributed by atoms with van der Waals surface area (Å²) in [5, 5.41) is 0.546. The van der Waals surface area contributed by atoms with E-state index in [1.165, 1.54) is 0 Å². The van der Waals surface area contributed by atoms with E-state index in [-0.39, 0.29) is 4.75 Å². The summed E-state index contributed by atoms with van der Waals surface area (Å²) in [5.41, 5.74) is 0. The third-order valence-corrected chi connectivity index (χ3v) is 2.74. The predicted molar refractivity (Wildman–Crippen MR) is 66.6 cm³/mol. The maximum Gasteiger partial charge on any atom is 0.00705 e. The Morgan fingerprint density at radius 3 is 1.33 bits per heavy atom.